The topological polar surface area (TPSA) is 93.1 Å². The van der Waals surface area contributed by atoms with Crippen LogP contribution in [-0.4, -0.2) is 38.5 Å². The van der Waals surface area contributed by atoms with E-state index in [0.717, 1.165) is 11.8 Å². The largest absolute Gasteiger partial charge is 0.497 e. The van der Waals surface area contributed by atoms with Crippen LogP contribution in [0.15, 0.2) is 36.4 Å². The fourth-order valence-electron chi connectivity index (χ4n) is 5.43. The summed E-state index contributed by atoms with van der Waals surface area (Å²) in [5.41, 5.74) is 4.07. The van der Waals surface area contributed by atoms with E-state index >= 15 is 4.39 Å². The molecule has 0 aromatic heterocycles. The van der Waals surface area contributed by atoms with Crippen molar-refractivity contribution in [3.8, 4) is 28.0 Å². The minimum Gasteiger partial charge on any atom is -0.497 e. The summed E-state index contributed by atoms with van der Waals surface area (Å²) in [6.45, 7) is 10.6. The highest BCUT2D eigenvalue weighted by Crippen LogP contribution is 2.52. The summed E-state index contributed by atoms with van der Waals surface area (Å²) in [5.74, 6) is -1.06. The molecule has 0 aliphatic carbocycles. The maximum Gasteiger partial charge on any atom is 0.337 e. The average molecular weight is 556 g/mol. The van der Waals surface area contributed by atoms with Crippen molar-refractivity contribution < 1.29 is 32.2 Å². The van der Waals surface area contributed by atoms with Crippen molar-refractivity contribution in [2.75, 3.05) is 17.7 Å². The van der Waals surface area contributed by atoms with Crippen LogP contribution in [0.1, 0.15) is 54.7 Å². The number of carbonyl (C=O) groups is 1. The van der Waals surface area contributed by atoms with Gasteiger partial charge in [-0.05, 0) is 93.1 Å². The Morgan fingerprint density at radius 3 is 2.26 bits per heavy atom. The number of carboxylic acid groups (broad SMARTS) is 1. The van der Waals surface area contributed by atoms with Crippen LogP contribution in [0.25, 0.3) is 22.3 Å². The van der Waals surface area contributed by atoms with E-state index in [2.05, 4.69) is 0 Å². The molecule has 0 spiro atoms. The third kappa shape index (κ3) is 5.13. The molecule has 208 valence electrons. The number of methoxy groups -OCH3 is 1. The number of hydrogen-bond donors (Lipinski definition) is 1. The van der Waals surface area contributed by atoms with Crippen molar-refractivity contribution >= 4 is 21.7 Å². The van der Waals surface area contributed by atoms with Crippen LogP contribution in [0.4, 0.5) is 10.1 Å². The van der Waals surface area contributed by atoms with Crippen molar-refractivity contribution in [1.29, 1.82) is 0 Å². The Hall–Kier alpha value is -3.43. The molecule has 1 atom stereocenters. The molecular weight excluding hydrogens is 521 g/mol. The van der Waals surface area contributed by atoms with Crippen LogP contribution in [0.5, 0.6) is 5.75 Å². The Labute approximate surface area is 229 Å². The molecule has 0 fully saturated rings. The van der Waals surface area contributed by atoms with Gasteiger partial charge in [-0.2, -0.15) is 0 Å². The fraction of sp³-hybridized carbons (Fsp3) is 0.367. The number of ether oxygens (including phenoxy) is 2. The van der Waals surface area contributed by atoms with E-state index in [0.29, 0.717) is 50.3 Å². The molecule has 9 heteroatoms. The fourth-order valence-corrected chi connectivity index (χ4v) is 6.36. The maximum absolute atomic E-state index is 15.5. The second-order valence-corrected chi connectivity index (χ2v) is 12.8. The summed E-state index contributed by atoms with van der Waals surface area (Å²) >= 11 is 0. The van der Waals surface area contributed by atoms with Crippen molar-refractivity contribution in [3.05, 3.63) is 70.0 Å². The molecule has 1 aliphatic heterocycles. The SMILES string of the molecule is COc1ccc(-c2c(C)c3c(c(C)c2[C@H](OC(C)(C)C)C(=O)O)N(S(C)(=O)=O)Cc2cccc(F)c2-3)c(C)c1. The lowest BCUT2D eigenvalue weighted by Crippen LogP contribution is -2.35. The van der Waals surface area contributed by atoms with Crippen molar-refractivity contribution in [3.63, 3.8) is 0 Å². The van der Waals surface area contributed by atoms with E-state index in [-0.39, 0.29) is 12.2 Å². The molecule has 39 heavy (non-hydrogen) atoms. The molecule has 1 heterocycles. The molecule has 1 aliphatic rings. The van der Waals surface area contributed by atoms with Gasteiger partial charge in [0.05, 0.1) is 31.2 Å². The van der Waals surface area contributed by atoms with Crippen molar-refractivity contribution in [1.82, 2.24) is 0 Å². The number of aryl methyl sites for hydroxylation is 1. The van der Waals surface area contributed by atoms with Gasteiger partial charge in [0.15, 0.2) is 6.10 Å². The Morgan fingerprint density at radius 2 is 1.72 bits per heavy atom. The first-order valence-electron chi connectivity index (χ1n) is 12.5. The molecule has 7 nitrogen and oxygen atoms in total. The minimum absolute atomic E-state index is 0.0720. The highest BCUT2D eigenvalue weighted by molar-refractivity contribution is 7.92. The van der Waals surface area contributed by atoms with E-state index in [1.807, 2.05) is 19.1 Å². The molecule has 4 rings (SSSR count). The van der Waals surface area contributed by atoms with Gasteiger partial charge in [-0.3, -0.25) is 4.31 Å². The normalized spacial score (nSPS) is 14.0. The second kappa shape index (κ2) is 9.95. The molecule has 0 radical (unpaired) electrons. The summed E-state index contributed by atoms with van der Waals surface area (Å²) in [5, 5.41) is 10.4. The number of hydrogen-bond acceptors (Lipinski definition) is 5. The highest BCUT2D eigenvalue weighted by atomic mass is 32.2. The molecular formula is C30H34FNO6S. The van der Waals surface area contributed by atoms with E-state index in [9.17, 15) is 18.3 Å². The standard InChI is InChI=1S/C30H34FNO6S/c1-16-14-20(37-7)12-13-21(16)23-17(2)24-26-19(10-9-11-22(26)31)15-32(39(8,35)36)27(24)18(3)25(23)28(29(33)34)38-30(4,5)6/h9-14,28H,15H2,1-8H3,(H,33,34)/t28-/m0/s1. The van der Waals surface area contributed by atoms with E-state index in [1.54, 1.807) is 59.9 Å². The predicted molar refractivity (Wildman–Crippen MR) is 150 cm³/mol. The minimum atomic E-state index is -3.82. The molecule has 1 N–H and O–H groups in total. The van der Waals surface area contributed by atoms with Crippen molar-refractivity contribution in [2.45, 2.75) is 59.8 Å². The Kier molecular flexibility index (Phi) is 7.29. The first kappa shape index (κ1) is 28.6. The van der Waals surface area contributed by atoms with Crippen molar-refractivity contribution in [2.24, 2.45) is 0 Å². The first-order chi connectivity index (χ1) is 18.1. The van der Waals surface area contributed by atoms with Gasteiger partial charge >= 0.3 is 5.97 Å². The zero-order valence-electron chi connectivity index (χ0n) is 23.5. The number of carboxylic acids is 1. The first-order valence-corrected chi connectivity index (χ1v) is 14.4. The molecule has 0 saturated heterocycles. The quantitative estimate of drug-likeness (QED) is 0.383. The van der Waals surface area contributed by atoms with Gasteiger partial charge in [-0.25, -0.2) is 17.6 Å². The summed E-state index contributed by atoms with van der Waals surface area (Å²) in [4.78, 5) is 12.8. The van der Waals surface area contributed by atoms with Crippen LogP contribution in [0, 0.1) is 26.6 Å². The molecule has 0 unspecified atom stereocenters. The van der Waals surface area contributed by atoms with E-state index < -0.39 is 33.5 Å². The summed E-state index contributed by atoms with van der Waals surface area (Å²) < 4.78 is 54.4. The van der Waals surface area contributed by atoms with Crippen LogP contribution in [0.2, 0.25) is 0 Å². The lowest BCUT2D eigenvalue weighted by molar-refractivity contribution is -0.160. The molecule has 0 amide bonds. The summed E-state index contributed by atoms with van der Waals surface area (Å²) in [6.07, 6.45) is -0.328. The number of fused-ring (bicyclic) bond motifs is 3. The average Bonchev–Trinajstić information content (AvgIpc) is 2.83. The lowest BCUT2D eigenvalue weighted by Gasteiger charge is -2.37. The highest BCUT2D eigenvalue weighted by Gasteiger charge is 2.39. The second-order valence-electron chi connectivity index (χ2n) is 10.9. The number of halogens is 1. The Bertz CT molecular complexity index is 1590. The molecule has 3 aromatic carbocycles. The van der Waals surface area contributed by atoms with Gasteiger partial charge in [-0.1, -0.05) is 18.2 Å². The van der Waals surface area contributed by atoms with Gasteiger partial charge in [0.2, 0.25) is 10.0 Å². The van der Waals surface area contributed by atoms with Gasteiger partial charge in [-0.15, -0.1) is 0 Å². The third-order valence-corrected chi connectivity index (χ3v) is 8.10. The zero-order valence-corrected chi connectivity index (χ0v) is 24.3. The molecule has 0 saturated carbocycles. The monoisotopic (exact) mass is 555 g/mol. The van der Waals surface area contributed by atoms with E-state index in [1.165, 1.54) is 10.4 Å². The third-order valence-electron chi connectivity index (χ3n) is 6.99. The Morgan fingerprint density at radius 1 is 1.05 bits per heavy atom. The predicted octanol–water partition coefficient (Wildman–Crippen LogP) is 6.31. The lowest BCUT2D eigenvalue weighted by atomic mass is 9.79. The smallest absolute Gasteiger partial charge is 0.337 e. The molecule has 3 aromatic rings. The maximum atomic E-state index is 15.5. The van der Waals surface area contributed by atoms with E-state index in [4.69, 9.17) is 9.47 Å². The zero-order chi connectivity index (χ0) is 29.0. The Balaban J connectivity index is 2.25. The van der Waals surface area contributed by atoms with Crippen LogP contribution in [-0.2, 0) is 26.1 Å². The summed E-state index contributed by atoms with van der Waals surface area (Å²) in [6, 6.07) is 10.1. The number of rotatable bonds is 6. The molecule has 0 bridgehead atoms. The van der Waals surface area contributed by atoms with Gasteiger partial charge in [0.25, 0.3) is 0 Å². The van der Waals surface area contributed by atoms with Gasteiger partial charge in [0, 0.05) is 16.7 Å². The van der Waals surface area contributed by atoms with Crippen LogP contribution >= 0.6 is 0 Å². The number of anilines is 1. The number of benzene rings is 3. The summed E-state index contributed by atoms with van der Waals surface area (Å²) in [7, 11) is -2.26. The number of sulfonamides is 1. The van der Waals surface area contributed by atoms with Crippen LogP contribution in [0.3, 0.4) is 0 Å². The van der Waals surface area contributed by atoms with Gasteiger partial charge in [0.1, 0.15) is 11.6 Å². The van der Waals surface area contributed by atoms with Crippen LogP contribution < -0.4 is 9.04 Å². The number of nitrogens with zero attached hydrogens (tertiary/aromatic N) is 1. The number of aliphatic carboxylic acids is 1. The van der Waals surface area contributed by atoms with Gasteiger partial charge < -0.3 is 14.6 Å².